The second-order valence-corrected chi connectivity index (χ2v) is 6.21. The Kier molecular flexibility index (Phi) is 4.92. The van der Waals surface area contributed by atoms with Gasteiger partial charge in [-0.15, -0.1) is 0 Å². The quantitative estimate of drug-likeness (QED) is 0.499. The van der Waals surface area contributed by atoms with Crippen molar-refractivity contribution in [2.75, 3.05) is 17.2 Å². The van der Waals surface area contributed by atoms with Gasteiger partial charge >= 0.3 is 0 Å². The zero-order chi connectivity index (χ0) is 18.5. The largest absolute Gasteiger partial charge is 0.369 e. The first-order chi connectivity index (χ1) is 13.3. The number of fused-ring (bicyclic) bond motifs is 1. The standard InChI is InChI=1S/C22H19FN4/c23-17-10-12-18(13-11-17)25-22-26-20-9-5-4-8-19(20)21(27-22)24-15-14-16-6-2-1-3-7-16/h1-13H,14-15H2,(H2,24,25,26,27). The minimum Gasteiger partial charge on any atom is -0.369 e. The van der Waals surface area contributed by atoms with Gasteiger partial charge in [-0.1, -0.05) is 42.5 Å². The lowest BCUT2D eigenvalue weighted by molar-refractivity contribution is 0.628. The highest BCUT2D eigenvalue weighted by atomic mass is 19.1. The fraction of sp³-hybridized carbons (Fsp3) is 0.0909. The number of anilines is 3. The van der Waals surface area contributed by atoms with Gasteiger partial charge in [0.25, 0.3) is 0 Å². The Labute approximate surface area is 157 Å². The van der Waals surface area contributed by atoms with Gasteiger partial charge in [0.2, 0.25) is 5.95 Å². The molecule has 0 saturated carbocycles. The van der Waals surface area contributed by atoms with Crippen molar-refractivity contribution in [3.05, 3.63) is 90.2 Å². The van der Waals surface area contributed by atoms with E-state index < -0.39 is 0 Å². The Hall–Kier alpha value is -3.47. The Morgan fingerprint density at radius 2 is 1.52 bits per heavy atom. The van der Waals surface area contributed by atoms with Crippen LogP contribution in [0.4, 0.5) is 21.8 Å². The molecule has 0 atom stereocenters. The fourth-order valence-electron chi connectivity index (χ4n) is 2.90. The summed E-state index contributed by atoms with van der Waals surface area (Å²) in [6.07, 6.45) is 0.903. The van der Waals surface area contributed by atoms with Crippen LogP contribution in [0.25, 0.3) is 10.9 Å². The molecular weight excluding hydrogens is 339 g/mol. The zero-order valence-electron chi connectivity index (χ0n) is 14.7. The van der Waals surface area contributed by atoms with Crippen molar-refractivity contribution in [1.29, 1.82) is 0 Å². The molecule has 0 aliphatic rings. The summed E-state index contributed by atoms with van der Waals surface area (Å²) in [5.74, 6) is 0.979. The molecule has 2 N–H and O–H groups in total. The van der Waals surface area contributed by atoms with Crippen LogP contribution >= 0.6 is 0 Å². The first-order valence-corrected chi connectivity index (χ1v) is 8.85. The second-order valence-electron chi connectivity index (χ2n) is 6.21. The van der Waals surface area contributed by atoms with E-state index in [9.17, 15) is 4.39 Å². The summed E-state index contributed by atoms with van der Waals surface area (Å²) >= 11 is 0. The van der Waals surface area contributed by atoms with E-state index in [4.69, 9.17) is 0 Å². The van der Waals surface area contributed by atoms with Gasteiger partial charge in [-0.3, -0.25) is 0 Å². The van der Waals surface area contributed by atoms with E-state index in [2.05, 4.69) is 32.7 Å². The van der Waals surface area contributed by atoms with Crippen molar-refractivity contribution in [2.24, 2.45) is 0 Å². The van der Waals surface area contributed by atoms with Gasteiger partial charge in [-0.25, -0.2) is 9.37 Å². The summed E-state index contributed by atoms with van der Waals surface area (Å²) in [5, 5.41) is 7.53. The van der Waals surface area contributed by atoms with Crippen LogP contribution < -0.4 is 10.6 Å². The Balaban J connectivity index is 1.57. The number of rotatable bonds is 6. The Morgan fingerprint density at radius 1 is 0.778 bits per heavy atom. The third kappa shape index (κ3) is 4.20. The maximum absolute atomic E-state index is 13.1. The molecule has 27 heavy (non-hydrogen) atoms. The lowest BCUT2D eigenvalue weighted by atomic mass is 10.1. The molecule has 5 heteroatoms. The number of nitrogens with one attached hydrogen (secondary N) is 2. The normalized spacial score (nSPS) is 10.7. The summed E-state index contributed by atoms with van der Waals surface area (Å²) in [4.78, 5) is 9.19. The molecule has 4 rings (SSSR count). The fourth-order valence-corrected chi connectivity index (χ4v) is 2.90. The van der Waals surface area contributed by atoms with Crippen molar-refractivity contribution in [3.63, 3.8) is 0 Å². The molecule has 3 aromatic carbocycles. The molecule has 0 aliphatic carbocycles. The van der Waals surface area contributed by atoms with Crippen LogP contribution in [0, 0.1) is 5.82 Å². The predicted molar refractivity (Wildman–Crippen MR) is 108 cm³/mol. The van der Waals surface area contributed by atoms with Gasteiger partial charge in [0.1, 0.15) is 11.6 Å². The highest BCUT2D eigenvalue weighted by Gasteiger charge is 2.08. The van der Waals surface area contributed by atoms with Crippen LogP contribution in [0.15, 0.2) is 78.9 Å². The minimum absolute atomic E-state index is 0.275. The molecule has 4 aromatic rings. The zero-order valence-corrected chi connectivity index (χ0v) is 14.7. The van der Waals surface area contributed by atoms with Gasteiger partial charge in [0.15, 0.2) is 0 Å². The molecule has 0 radical (unpaired) electrons. The number of benzene rings is 3. The van der Waals surface area contributed by atoms with E-state index in [-0.39, 0.29) is 5.82 Å². The monoisotopic (exact) mass is 358 g/mol. The smallest absolute Gasteiger partial charge is 0.229 e. The average molecular weight is 358 g/mol. The van der Waals surface area contributed by atoms with Crippen LogP contribution in [0.2, 0.25) is 0 Å². The van der Waals surface area contributed by atoms with E-state index in [0.29, 0.717) is 5.95 Å². The van der Waals surface area contributed by atoms with E-state index in [1.54, 1.807) is 12.1 Å². The van der Waals surface area contributed by atoms with Crippen LogP contribution in [-0.2, 0) is 6.42 Å². The predicted octanol–water partition coefficient (Wildman–Crippen LogP) is 5.17. The van der Waals surface area contributed by atoms with Crippen LogP contribution in [0.3, 0.4) is 0 Å². The van der Waals surface area contributed by atoms with E-state index in [1.807, 2.05) is 42.5 Å². The third-order valence-corrected chi connectivity index (χ3v) is 4.25. The number of nitrogens with zero attached hydrogens (tertiary/aromatic N) is 2. The van der Waals surface area contributed by atoms with Crippen molar-refractivity contribution in [1.82, 2.24) is 9.97 Å². The Bertz CT molecular complexity index is 1030. The van der Waals surface area contributed by atoms with Crippen LogP contribution in [0.5, 0.6) is 0 Å². The molecule has 0 bridgehead atoms. The highest BCUT2D eigenvalue weighted by molar-refractivity contribution is 5.90. The summed E-state index contributed by atoms with van der Waals surface area (Å²) in [5.41, 5.74) is 2.86. The van der Waals surface area contributed by atoms with Gasteiger partial charge in [-0.05, 0) is 48.4 Å². The molecule has 0 aliphatic heterocycles. The van der Waals surface area contributed by atoms with Crippen molar-refractivity contribution >= 4 is 28.4 Å². The number of para-hydroxylation sites is 1. The van der Waals surface area contributed by atoms with Crippen molar-refractivity contribution in [3.8, 4) is 0 Å². The van der Waals surface area contributed by atoms with Crippen molar-refractivity contribution < 1.29 is 4.39 Å². The SMILES string of the molecule is Fc1ccc(Nc2nc(NCCc3ccccc3)c3ccccc3n2)cc1. The summed E-state index contributed by atoms with van der Waals surface area (Å²) in [7, 11) is 0. The second kappa shape index (κ2) is 7.83. The lowest BCUT2D eigenvalue weighted by Gasteiger charge is -2.12. The third-order valence-electron chi connectivity index (χ3n) is 4.25. The average Bonchev–Trinajstić information content (AvgIpc) is 2.70. The number of hydrogen-bond donors (Lipinski definition) is 2. The van der Waals surface area contributed by atoms with E-state index in [1.165, 1.54) is 17.7 Å². The molecule has 0 saturated heterocycles. The highest BCUT2D eigenvalue weighted by Crippen LogP contribution is 2.23. The summed E-state index contributed by atoms with van der Waals surface area (Å²) < 4.78 is 13.1. The molecule has 4 nitrogen and oxygen atoms in total. The first kappa shape index (κ1) is 17.0. The van der Waals surface area contributed by atoms with Gasteiger partial charge < -0.3 is 10.6 Å². The molecule has 0 spiro atoms. The number of halogens is 1. The molecular formula is C22H19FN4. The minimum atomic E-state index is -0.275. The number of hydrogen-bond acceptors (Lipinski definition) is 4. The molecule has 0 amide bonds. The molecule has 0 fully saturated rings. The number of aromatic nitrogens is 2. The van der Waals surface area contributed by atoms with Gasteiger partial charge in [0.05, 0.1) is 5.52 Å². The van der Waals surface area contributed by atoms with E-state index >= 15 is 0 Å². The summed E-state index contributed by atoms with van der Waals surface area (Å²) in [6, 6.07) is 24.3. The van der Waals surface area contributed by atoms with E-state index in [0.717, 1.165) is 35.4 Å². The first-order valence-electron chi connectivity index (χ1n) is 8.85. The Morgan fingerprint density at radius 3 is 2.33 bits per heavy atom. The molecule has 1 heterocycles. The van der Waals surface area contributed by atoms with Crippen molar-refractivity contribution in [2.45, 2.75) is 6.42 Å². The lowest BCUT2D eigenvalue weighted by Crippen LogP contribution is -2.09. The summed E-state index contributed by atoms with van der Waals surface area (Å²) in [6.45, 7) is 0.765. The van der Waals surface area contributed by atoms with Crippen LogP contribution in [0.1, 0.15) is 5.56 Å². The van der Waals surface area contributed by atoms with Gasteiger partial charge in [-0.2, -0.15) is 4.98 Å². The maximum atomic E-state index is 13.1. The molecule has 0 unspecified atom stereocenters. The molecule has 1 aromatic heterocycles. The van der Waals surface area contributed by atoms with Gasteiger partial charge in [0, 0.05) is 17.6 Å². The van der Waals surface area contributed by atoms with Crippen LogP contribution in [-0.4, -0.2) is 16.5 Å². The topological polar surface area (TPSA) is 49.8 Å². The maximum Gasteiger partial charge on any atom is 0.229 e. The molecule has 134 valence electrons.